The number of hydrogen-bond acceptors (Lipinski definition) is 4. The number of ether oxygens (including phenoxy) is 1. The Balaban J connectivity index is 1.85. The van der Waals surface area contributed by atoms with E-state index < -0.39 is 0 Å². The van der Waals surface area contributed by atoms with Crippen LogP contribution in [0.2, 0.25) is 0 Å². The van der Waals surface area contributed by atoms with E-state index in [1.165, 1.54) is 39.0 Å². The summed E-state index contributed by atoms with van der Waals surface area (Å²) in [5, 5.41) is 3.67. The Kier molecular flexibility index (Phi) is 4.48. The molecule has 3 nitrogen and oxygen atoms in total. The standard InChI is InChI=1S/C21H24N2OS/c1-4-24-19-11-7-10-17-20(19)25-21(22-17)16-12-13-18(23(2)3)15-9-6-5-8-14(15)16/h5-6,8-9,12-13,19H,4,7,10-11H2,1-3H3. The highest BCUT2D eigenvalue weighted by atomic mass is 32.1. The van der Waals surface area contributed by atoms with E-state index >= 15 is 0 Å². The van der Waals surface area contributed by atoms with Crippen molar-refractivity contribution in [2.24, 2.45) is 0 Å². The Morgan fingerprint density at radius 1 is 1.16 bits per heavy atom. The topological polar surface area (TPSA) is 25.4 Å². The van der Waals surface area contributed by atoms with Gasteiger partial charge in [0, 0.05) is 37.3 Å². The maximum atomic E-state index is 5.96. The van der Waals surface area contributed by atoms with Crippen LogP contribution in [0.3, 0.4) is 0 Å². The molecule has 1 aliphatic carbocycles. The summed E-state index contributed by atoms with van der Waals surface area (Å²) in [5.74, 6) is 0. The van der Waals surface area contributed by atoms with Crippen LogP contribution in [0.25, 0.3) is 21.3 Å². The molecule has 0 N–H and O–H groups in total. The van der Waals surface area contributed by atoms with Gasteiger partial charge in [-0.15, -0.1) is 11.3 Å². The molecule has 25 heavy (non-hydrogen) atoms. The van der Waals surface area contributed by atoms with Crippen molar-refractivity contribution in [2.75, 3.05) is 25.6 Å². The summed E-state index contributed by atoms with van der Waals surface area (Å²) in [6.07, 6.45) is 3.58. The number of nitrogens with zero attached hydrogens (tertiary/aromatic N) is 2. The molecule has 1 aromatic heterocycles. The lowest BCUT2D eigenvalue weighted by Gasteiger charge is -2.20. The number of thiazole rings is 1. The Labute approximate surface area is 153 Å². The minimum Gasteiger partial charge on any atom is -0.377 e. The van der Waals surface area contributed by atoms with Gasteiger partial charge in [-0.05, 0) is 43.7 Å². The second kappa shape index (κ2) is 6.77. The molecule has 1 unspecified atom stereocenters. The summed E-state index contributed by atoms with van der Waals surface area (Å²) in [5.41, 5.74) is 3.72. The molecule has 3 aromatic rings. The lowest BCUT2D eigenvalue weighted by Crippen LogP contribution is -2.10. The second-order valence-corrected chi connectivity index (χ2v) is 7.77. The van der Waals surface area contributed by atoms with Gasteiger partial charge in [0.1, 0.15) is 5.01 Å². The van der Waals surface area contributed by atoms with Gasteiger partial charge in [0.05, 0.1) is 16.7 Å². The van der Waals surface area contributed by atoms with Crippen LogP contribution in [0.4, 0.5) is 5.69 Å². The molecule has 4 rings (SSSR count). The van der Waals surface area contributed by atoms with Crippen molar-refractivity contribution in [1.82, 2.24) is 4.98 Å². The molecule has 0 amide bonds. The monoisotopic (exact) mass is 352 g/mol. The molecular weight excluding hydrogens is 328 g/mol. The van der Waals surface area contributed by atoms with Crippen molar-refractivity contribution >= 4 is 27.8 Å². The van der Waals surface area contributed by atoms with Crippen LogP contribution >= 0.6 is 11.3 Å². The fraction of sp³-hybridized carbons (Fsp3) is 0.381. The summed E-state index contributed by atoms with van der Waals surface area (Å²) in [4.78, 5) is 8.51. The summed E-state index contributed by atoms with van der Waals surface area (Å²) in [7, 11) is 4.19. The normalized spacial score (nSPS) is 16.8. The van der Waals surface area contributed by atoms with Gasteiger partial charge in [0.2, 0.25) is 0 Å². The van der Waals surface area contributed by atoms with Crippen molar-refractivity contribution in [3.8, 4) is 10.6 Å². The molecule has 0 bridgehead atoms. The van der Waals surface area contributed by atoms with E-state index in [1.807, 2.05) is 11.3 Å². The highest BCUT2D eigenvalue weighted by Crippen LogP contribution is 2.42. The van der Waals surface area contributed by atoms with Crippen molar-refractivity contribution in [3.05, 3.63) is 47.0 Å². The minimum atomic E-state index is 0.229. The summed E-state index contributed by atoms with van der Waals surface area (Å²) in [6, 6.07) is 13.1. The van der Waals surface area contributed by atoms with Gasteiger partial charge < -0.3 is 9.64 Å². The number of hydrogen-bond donors (Lipinski definition) is 0. The largest absolute Gasteiger partial charge is 0.377 e. The third kappa shape index (κ3) is 2.94. The second-order valence-electron chi connectivity index (χ2n) is 6.74. The van der Waals surface area contributed by atoms with Gasteiger partial charge in [-0.25, -0.2) is 4.98 Å². The first kappa shape index (κ1) is 16.6. The van der Waals surface area contributed by atoms with Gasteiger partial charge in [0.15, 0.2) is 0 Å². The van der Waals surface area contributed by atoms with Crippen LogP contribution in [-0.2, 0) is 11.2 Å². The quantitative estimate of drug-likeness (QED) is 0.625. The van der Waals surface area contributed by atoms with E-state index in [1.54, 1.807) is 0 Å². The highest BCUT2D eigenvalue weighted by molar-refractivity contribution is 7.15. The van der Waals surface area contributed by atoms with E-state index in [0.717, 1.165) is 24.5 Å². The van der Waals surface area contributed by atoms with Gasteiger partial charge in [-0.1, -0.05) is 24.3 Å². The zero-order valence-electron chi connectivity index (χ0n) is 15.1. The van der Waals surface area contributed by atoms with E-state index in [4.69, 9.17) is 9.72 Å². The molecular formula is C21H24N2OS. The van der Waals surface area contributed by atoms with Crippen LogP contribution < -0.4 is 4.90 Å². The molecule has 1 aliphatic rings. The van der Waals surface area contributed by atoms with Gasteiger partial charge >= 0.3 is 0 Å². The first-order valence-electron chi connectivity index (χ1n) is 8.99. The van der Waals surface area contributed by atoms with Crippen LogP contribution in [0.1, 0.15) is 36.4 Å². The predicted octanol–water partition coefficient (Wildman–Crippen LogP) is 5.44. The number of fused-ring (bicyclic) bond motifs is 2. The highest BCUT2D eigenvalue weighted by Gasteiger charge is 2.25. The van der Waals surface area contributed by atoms with Crippen LogP contribution in [0.15, 0.2) is 36.4 Å². The first-order chi connectivity index (χ1) is 12.2. The van der Waals surface area contributed by atoms with E-state index in [2.05, 4.69) is 62.3 Å². The van der Waals surface area contributed by atoms with E-state index in [9.17, 15) is 0 Å². The predicted molar refractivity (Wildman–Crippen MR) is 107 cm³/mol. The molecule has 0 radical (unpaired) electrons. The Morgan fingerprint density at radius 3 is 2.72 bits per heavy atom. The smallest absolute Gasteiger partial charge is 0.124 e. The average Bonchev–Trinajstić information content (AvgIpc) is 3.06. The SMILES string of the molecule is CCOC1CCCc2nc(-c3ccc(N(C)C)c4ccccc34)sc21. The van der Waals surface area contributed by atoms with E-state index in [0.29, 0.717) is 0 Å². The average molecular weight is 353 g/mol. The number of benzene rings is 2. The Morgan fingerprint density at radius 2 is 1.96 bits per heavy atom. The third-order valence-corrected chi connectivity index (χ3v) is 6.10. The van der Waals surface area contributed by atoms with Crippen molar-refractivity contribution < 1.29 is 4.74 Å². The molecule has 1 atom stereocenters. The van der Waals surface area contributed by atoms with Crippen molar-refractivity contribution in [2.45, 2.75) is 32.3 Å². The van der Waals surface area contributed by atoms with Gasteiger partial charge in [0.25, 0.3) is 0 Å². The third-order valence-electron chi connectivity index (χ3n) is 4.88. The molecule has 0 saturated carbocycles. The maximum absolute atomic E-state index is 5.96. The van der Waals surface area contributed by atoms with Gasteiger partial charge in [-0.3, -0.25) is 0 Å². The fourth-order valence-corrected chi connectivity index (χ4v) is 4.95. The van der Waals surface area contributed by atoms with E-state index in [-0.39, 0.29) is 6.10 Å². The summed E-state index contributed by atoms with van der Waals surface area (Å²) < 4.78 is 5.96. The molecule has 4 heteroatoms. The number of rotatable bonds is 4. The number of aromatic nitrogens is 1. The summed E-state index contributed by atoms with van der Waals surface area (Å²) in [6.45, 7) is 2.83. The van der Waals surface area contributed by atoms with Crippen LogP contribution in [0.5, 0.6) is 0 Å². The molecule has 1 heterocycles. The minimum absolute atomic E-state index is 0.229. The van der Waals surface area contributed by atoms with Crippen LogP contribution in [-0.4, -0.2) is 25.7 Å². The molecule has 0 spiro atoms. The zero-order chi connectivity index (χ0) is 17.4. The maximum Gasteiger partial charge on any atom is 0.124 e. The molecule has 0 aliphatic heterocycles. The molecule has 130 valence electrons. The number of aryl methyl sites for hydroxylation is 1. The van der Waals surface area contributed by atoms with Crippen molar-refractivity contribution in [3.63, 3.8) is 0 Å². The lowest BCUT2D eigenvalue weighted by molar-refractivity contribution is 0.0524. The Bertz CT molecular complexity index is 900. The molecule has 0 fully saturated rings. The Hall–Kier alpha value is -1.91. The first-order valence-corrected chi connectivity index (χ1v) is 9.81. The number of anilines is 1. The van der Waals surface area contributed by atoms with Crippen molar-refractivity contribution in [1.29, 1.82) is 0 Å². The zero-order valence-corrected chi connectivity index (χ0v) is 15.9. The van der Waals surface area contributed by atoms with Gasteiger partial charge in [-0.2, -0.15) is 0 Å². The lowest BCUT2D eigenvalue weighted by atomic mass is 10.00. The molecule has 0 saturated heterocycles. The van der Waals surface area contributed by atoms with Crippen LogP contribution in [0, 0.1) is 0 Å². The summed E-state index contributed by atoms with van der Waals surface area (Å²) >= 11 is 1.82. The molecule has 2 aromatic carbocycles. The fourth-order valence-electron chi connectivity index (χ4n) is 3.72.